The van der Waals surface area contributed by atoms with E-state index >= 15 is 0 Å². The summed E-state index contributed by atoms with van der Waals surface area (Å²) in [4.78, 5) is 15.3. The van der Waals surface area contributed by atoms with Crippen LogP contribution in [0.25, 0.3) is 5.82 Å². The van der Waals surface area contributed by atoms with Crippen LogP contribution in [0, 0.1) is 0 Å². The van der Waals surface area contributed by atoms with Crippen molar-refractivity contribution in [3.05, 3.63) is 108 Å². The van der Waals surface area contributed by atoms with Gasteiger partial charge in [-0.1, -0.05) is 67.9 Å². The number of alkyl halides is 3. The molecule has 7 nitrogen and oxygen atoms in total. The molecule has 0 aliphatic carbocycles. The molecule has 10 heteroatoms. The van der Waals surface area contributed by atoms with Crippen molar-refractivity contribution in [3.8, 4) is 5.82 Å². The molecule has 204 valence electrons. The highest BCUT2D eigenvalue weighted by Gasteiger charge is 2.32. The van der Waals surface area contributed by atoms with Gasteiger partial charge in [0, 0.05) is 12.7 Å². The first kappa shape index (κ1) is 27.8. The molecule has 0 aliphatic heterocycles. The minimum Gasteiger partial charge on any atom is -0.481 e. The molecule has 0 aliphatic rings. The van der Waals surface area contributed by atoms with Crippen molar-refractivity contribution >= 4 is 11.7 Å². The Kier molecular flexibility index (Phi) is 8.98. The van der Waals surface area contributed by atoms with Crippen molar-refractivity contribution in [2.45, 2.75) is 44.4 Å². The molecule has 0 spiro atoms. The van der Waals surface area contributed by atoms with E-state index in [-0.39, 0.29) is 24.3 Å². The molecule has 0 radical (unpaired) electrons. The first-order valence-corrected chi connectivity index (χ1v) is 12.7. The minimum atomic E-state index is -4.46. The summed E-state index contributed by atoms with van der Waals surface area (Å²) in [7, 11) is 0. The van der Waals surface area contributed by atoms with Crippen molar-refractivity contribution in [2.24, 2.45) is 0 Å². The number of aliphatic carboxylic acids is 1. The monoisotopic (exact) mass is 537 g/mol. The maximum atomic E-state index is 12.9. The Morgan fingerprint density at radius 3 is 2.26 bits per heavy atom. The predicted octanol–water partition coefficient (Wildman–Crippen LogP) is 6.39. The lowest BCUT2D eigenvalue weighted by atomic mass is 9.95. The van der Waals surface area contributed by atoms with Gasteiger partial charge in [-0.3, -0.25) is 4.79 Å². The Labute approximate surface area is 224 Å². The fourth-order valence-corrected chi connectivity index (χ4v) is 4.33. The Hall–Kier alpha value is -4.18. The third kappa shape index (κ3) is 7.44. The number of carbonyl (C=O) groups is 1. The highest BCUT2D eigenvalue weighted by atomic mass is 19.4. The van der Waals surface area contributed by atoms with E-state index in [0.717, 1.165) is 52.3 Å². The van der Waals surface area contributed by atoms with Crippen molar-refractivity contribution in [1.29, 1.82) is 0 Å². The normalized spacial score (nSPS) is 13.1. The van der Waals surface area contributed by atoms with Gasteiger partial charge in [0.1, 0.15) is 0 Å². The zero-order valence-corrected chi connectivity index (χ0v) is 21.4. The second kappa shape index (κ2) is 12.6. The smallest absolute Gasteiger partial charge is 0.419 e. The Morgan fingerprint density at radius 2 is 1.67 bits per heavy atom. The number of aromatic nitrogens is 3. The lowest BCUT2D eigenvalue weighted by Gasteiger charge is -2.23. The topological polar surface area (TPSA) is 92.1 Å². The number of halogens is 3. The van der Waals surface area contributed by atoms with Crippen LogP contribution in [0.2, 0.25) is 0 Å². The predicted molar refractivity (Wildman–Crippen MR) is 143 cm³/mol. The third-order valence-corrected chi connectivity index (χ3v) is 6.30. The number of rotatable bonds is 12. The van der Waals surface area contributed by atoms with Gasteiger partial charge in [0.2, 0.25) is 0 Å². The highest BCUT2D eigenvalue weighted by molar-refractivity contribution is 5.66. The van der Waals surface area contributed by atoms with E-state index in [1.165, 1.54) is 0 Å². The molecular formula is C29H30F3N5O2. The molecule has 0 amide bonds. The molecular weight excluding hydrogens is 507 g/mol. The summed E-state index contributed by atoms with van der Waals surface area (Å²) in [5, 5.41) is 19.6. The molecule has 0 saturated heterocycles. The largest absolute Gasteiger partial charge is 0.481 e. The summed E-state index contributed by atoms with van der Waals surface area (Å²) < 4.78 is 39.8. The molecule has 3 N–H and O–H groups in total. The molecule has 2 aromatic heterocycles. The van der Waals surface area contributed by atoms with Crippen LogP contribution in [0.3, 0.4) is 0 Å². The minimum absolute atomic E-state index is 0.00613. The Bertz CT molecular complexity index is 1340. The number of nitrogens with zero attached hydrogens (tertiary/aromatic N) is 3. The molecule has 39 heavy (non-hydrogen) atoms. The molecule has 4 rings (SSSR count). The van der Waals surface area contributed by atoms with E-state index in [9.17, 15) is 18.0 Å². The third-order valence-electron chi connectivity index (χ3n) is 6.30. The summed E-state index contributed by atoms with van der Waals surface area (Å²) in [5.74, 6) is -0.564. The van der Waals surface area contributed by atoms with Crippen LogP contribution in [0.1, 0.15) is 60.5 Å². The number of carboxylic acids is 1. The van der Waals surface area contributed by atoms with Gasteiger partial charge in [-0.15, -0.1) is 0 Å². The highest BCUT2D eigenvalue weighted by Crippen LogP contribution is 2.30. The average Bonchev–Trinajstić information content (AvgIpc) is 3.43. The van der Waals surface area contributed by atoms with E-state index in [1.54, 1.807) is 18.3 Å². The molecule has 0 fully saturated rings. The molecule has 1 unspecified atom stereocenters. The van der Waals surface area contributed by atoms with E-state index < -0.39 is 17.7 Å². The number of carboxylic acid groups (broad SMARTS) is 1. The number of benzene rings is 2. The van der Waals surface area contributed by atoms with Gasteiger partial charge in [-0.2, -0.15) is 18.3 Å². The van der Waals surface area contributed by atoms with Crippen LogP contribution >= 0.6 is 0 Å². The summed E-state index contributed by atoms with van der Waals surface area (Å²) >= 11 is 0. The number of pyridine rings is 1. The number of anilines is 1. The van der Waals surface area contributed by atoms with E-state index in [1.807, 2.05) is 42.5 Å². The van der Waals surface area contributed by atoms with Crippen LogP contribution in [0.4, 0.5) is 18.9 Å². The zero-order chi connectivity index (χ0) is 27.8. The Balaban J connectivity index is 1.49. The van der Waals surface area contributed by atoms with Crippen molar-refractivity contribution in [3.63, 3.8) is 0 Å². The van der Waals surface area contributed by atoms with E-state index in [2.05, 4.69) is 39.8 Å². The molecule has 0 saturated carbocycles. The number of hydrogen-bond donors (Lipinski definition) is 3. The molecule has 4 aromatic rings. The summed E-state index contributed by atoms with van der Waals surface area (Å²) in [6.07, 6.45) is 0.628. The van der Waals surface area contributed by atoms with Crippen LogP contribution < -0.4 is 10.6 Å². The fraction of sp³-hybridized carbons (Fsp3) is 0.276. The van der Waals surface area contributed by atoms with Gasteiger partial charge in [0.05, 0.1) is 42.1 Å². The summed E-state index contributed by atoms with van der Waals surface area (Å²) in [6, 6.07) is 21.3. The first-order chi connectivity index (χ1) is 18.7. The van der Waals surface area contributed by atoms with Crippen molar-refractivity contribution in [1.82, 2.24) is 20.1 Å². The maximum absolute atomic E-state index is 12.9. The van der Waals surface area contributed by atoms with Gasteiger partial charge in [0.25, 0.3) is 0 Å². The quantitative estimate of drug-likeness (QED) is 0.194. The molecule has 2 heterocycles. The average molecular weight is 538 g/mol. The lowest BCUT2D eigenvalue weighted by Crippen LogP contribution is -2.25. The second-order valence-electron chi connectivity index (χ2n) is 9.17. The van der Waals surface area contributed by atoms with Gasteiger partial charge < -0.3 is 15.7 Å². The second-order valence-corrected chi connectivity index (χ2v) is 9.17. The van der Waals surface area contributed by atoms with Gasteiger partial charge in [-0.25, -0.2) is 9.67 Å². The zero-order valence-electron chi connectivity index (χ0n) is 21.4. The van der Waals surface area contributed by atoms with Crippen molar-refractivity contribution in [2.75, 3.05) is 11.9 Å². The van der Waals surface area contributed by atoms with Crippen LogP contribution in [0.5, 0.6) is 0 Å². The van der Waals surface area contributed by atoms with Crippen LogP contribution in [-0.2, 0) is 11.0 Å². The van der Waals surface area contributed by atoms with Crippen LogP contribution in [-0.4, -0.2) is 32.4 Å². The SMILES string of the molecule is CCCC(Nc1ccc(-n2cc(C(F)(F)F)cn2)nc1)c1ccc([C@H](NCCC(=O)O)c2ccccc2)cc1. The molecule has 2 atom stereocenters. The number of hydrogen-bond acceptors (Lipinski definition) is 5. The van der Waals surface area contributed by atoms with Crippen molar-refractivity contribution < 1.29 is 23.1 Å². The van der Waals surface area contributed by atoms with E-state index in [4.69, 9.17) is 5.11 Å². The maximum Gasteiger partial charge on any atom is 0.419 e. The summed E-state index contributed by atoms with van der Waals surface area (Å²) in [5.41, 5.74) is 3.05. The summed E-state index contributed by atoms with van der Waals surface area (Å²) in [6.45, 7) is 2.44. The van der Waals surface area contributed by atoms with Gasteiger partial charge in [-0.05, 0) is 35.2 Å². The van der Waals surface area contributed by atoms with Gasteiger partial charge in [0.15, 0.2) is 5.82 Å². The molecule has 0 bridgehead atoms. The molecule has 2 aromatic carbocycles. The standard InChI is InChI=1S/C29H30F3N5O2/c1-2-6-25(36-24-13-14-26(34-18-24)37-19-23(17-35-37)29(30,31)32)20-9-11-22(12-10-20)28(33-16-15-27(38)39)21-7-4-3-5-8-21/h3-5,7-14,17-19,25,28,33,36H,2,6,15-16H2,1H3,(H,38,39)/t25?,28-/m1/s1. The lowest BCUT2D eigenvalue weighted by molar-refractivity contribution is -0.138. The van der Waals surface area contributed by atoms with Crippen LogP contribution in [0.15, 0.2) is 85.3 Å². The Morgan fingerprint density at radius 1 is 0.974 bits per heavy atom. The van der Waals surface area contributed by atoms with Gasteiger partial charge >= 0.3 is 12.1 Å². The number of nitrogens with one attached hydrogen (secondary N) is 2. The van der Waals surface area contributed by atoms with E-state index in [0.29, 0.717) is 6.54 Å². The fourth-order valence-electron chi connectivity index (χ4n) is 4.33. The first-order valence-electron chi connectivity index (χ1n) is 12.7.